The average molecular weight is 319 g/mol. The van der Waals surface area contributed by atoms with Gasteiger partial charge in [-0.1, -0.05) is 26.0 Å². The second-order valence-electron chi connectivity index (χ2n) is 6.69. The first kappa shape index (κ1) is 17.3. The Morgan fingerprint density at radius 3 is 2.57 bits per heavy atom. The highest BCUT2D eigenvalue weighted by molar-refractivity contribution is 5.80. The quantitative estimate of drug-likeness (QED) is 0.754. The summed E-state index contributed by atoms with van der Waals surface area (Å²) >= 11 is 0. The first-order valence-electron chi connectivity index (χ1n) is 7.87. The Labute approximate surface area is 135 Å². The number of benzene rings is 1. The molecule has 1 heterocycles. The van der Waals surface area contributed by atoms with E-state index in [1.807, 2.05) is 38.1 Å². The summed E-state index contributed by atoms with van der Waals surface area (Å²) in [6, 6.07) is 7.43. The van der Waals surface area contributed by atoms with Crippen LogP contribution < -0.4 is 11.0 Å². The summed E-state index contributed by atoms with van der Waals surface area (Å²) in [4.78, 5) is 24.3. The molecule has 0 aliphatic heterocycles. The van der Waals surface area contributed by atoms with Gasteiger partial charge in [0.2, 0.25) is 5.91 Å². The second kappa shape index (κ2) is 7.00. The fourth-order valence-electron chi connectivity index (χ4n) is 2.59. The van der Waals surface area contributed by atoms with Crippen LogP contribution in [0.15, 0.2) is 29.1 Å². The third kappa shape index (κ3) is 4.01. The molecule has 0 atom stereocenters. The first-order chi connectivity index (χ1) is 10.9. The standard InChI is InChI=1S/C17H25N3O3/c1-17(2,12-21)9-6-10-18-15(22)11-20-14-8-5-4-7-13(14)19(3)16(20)23/h4-5,7-8,21H,6,9-12H2,1-3H3,(H,18,22). The van der Waals surface area contributed by atoms with Crippen LogP contribution in [0.3, 0.4) is 0 Å². The van der Waals surface area contributed by atoms with Gasteiger partial charge in [-0.3, -0.25) is 13.9 Å². The number of carbonyl (C=O) groups excluding carboxylic acids is 1. The number of fused-ring (bicyclic) bond motifs is 1. The molecule has 0 spiro atoms. The van der Waals surface area contributed by atoms with Crippen LogP contribution in [0.2, 0.25) is 0 Å². The zero-order chi connectivity index (χ0) is 17.0. The number of para-hydroxylation sites is 2. The number of rotatable bonds is 7. The number of imidazole rings is 1. The van der Waals surface area contributed by atoms with E-state index in [9.17, 15) is 14.7 Å². The molecule has 126 valence electrons. The van der Waals surface area contributed by atoms with E-state index >= 15 is 0 Å². The van der Waals surface area contributed by atoms with Crippen molar-refractivity contribution in [2.24, 2.45) is 12.5 Å². The highest BCUT2D eigenvalue weighted by Crippen LogP contribution is 2.20. The number of hydrogen-bond acceptors (Lipinski definition) is 3. The van der Waals surface area contributed by atoms with Crippen molar-refractivity contribution in [1.29, 1.82) is 0 Å². The number of hydrogen-bond donors (Lipinski definition) is 2. The zero-order valence-electron chi connectivity index (χ0n) is 14.0. The number of amides is 1. The van der Waals surface area contributed by atoms with Crippen LogP contribution in [0, 0.1) is 5.41 Å². The van der Waals surface area contributed by atoms with Gasteiger partial charge in [0.1, 0.15) is 6.54 Å². The molecule has 6 nitrogen and oxygen atoms in total. The minimum Gasteiger partial charge on any atom is -0.396 e. The van der Waals surface area contributed by atoms with Gasteiger partial charge < -0.3 is 10.4 Å². The van der Waals surface area contributed by atoms with Crippen molar-refractivity contribution >= 4 is 16.9 Å². The van der Waals surface area contributed by atoms with E-state index in [1.165, 1.54) is 4.57 Å². The molecule has 0 bridgehead atoms. The van der Waals surface area contributed by atoms with E-state index in [0.717, 1.165) is 23.9 Å². The van der Waals surface area contributed by atoms with Crippen LogP contribution in [0.5, 0.6) is 0 Å². The molecule has 2 rings (SSSR count). The number of aromatic nitrogens is 2. The molecular weight excluding hydrogens is 294 g/mol. The van der Waals surface area contributed by atoms with E-state index in [0.29, 0.717) is 6.54 Å². The van der Waals surface area contributed by atoms with Gasteiger partial charge in [-0.15, -0.1) is 0 Å². The number of aryl methyl sites for hydroxylation is 1. The summed E-state index contributed by atoms with van der Waals surface area (Å²) in [5.74, 6) is -0.176. The molecule has 2 aromatic rings. The van der Waals surface area contributed by atoms with Gasteiger partial charge in [0, 0.05) is 20.2 Å². The number of aliphatic hydroxyl groups excluding tert-OH is 1. The van der Waals surface area contributed by atoms with Crippen molar-refractivity contribution in [3.05, 3.63) is 34.7 Å². The molecule has 0 saturated heterocycles. The predicted molar refractivity (Wildman–Crippen MR) is 90.3 cm³/mol. The lowest BCUT2D eigenvalue weighted by atomic mass is 9.89. The Morgan fingerprint density at radius 1 is 1.26 bits per heavy atom. The Kier molecular flexibility index (Phi) is 5.26. The van der Waals surface area contributed by atoms with Gasteiger partial charge >= 0.3 is 5.69 Å². The summed E-state index contributed by atoms with van der Waals surface area (Å²) in [7, 11) is 1.70. The normalized spacial score (nSPS) is 11.8. The van der Waals surface area contributed by atoms with Gasteiger partial charge in [-0.05, 0) is 30.4 Å². The highest BCUT2D eigenvalue weighted by Gasteiger charge is 2.16. The molecule has 1 amide bonds. The Bertz CT molecular complexity index is 743. The second-order valence-corrected chi connectivity index (χ2v) is 6.69. The molecular formula is C17H25N3O3. The lowest BCUT2D eigenvalue weighted by Crippen LogP contribution is -2.33. The Balaban J connectivity index is 1.97. The van der Waals surface area contributed by atoms with E-state index in [1.54, 1.807) is 11.6 Å². The topological polar surface area (TPSA) is 76.3 Å². The fourth-order valence-corrected chi connectivity index (χ4v) is 2.59. The van der Waals surface area contributed by atoms with Crippen LogP contribution in [0.1, 0.15) is 26.7 Å². The molecule has 0 fully saturated rings. The van der Waals surface area contributed by atoms with Crippen molar-refractivity contribution in [2.45, 2.75) is 33.2 Å². The molecule has 6 heteroatoms. The summed E-state index contributed by atoms with van der Waals surface area (Å²) < 4.78 is 3.04. The summed E-state index contributed by atoms with van der Waals surface area (Å²) in [5.41, 5.74) is 1.26. The molecule has 1 aromatic heterocycles. The maximum atomic E-state index is 12.2. The van der Waals surface area contributed by atoms with Crippen molar-refractivity contribution in [3.8, 4) is 0 Å². The Hall–Kier alpha value is -2.08. The van der Waals surface area contributed by atoms with E-state index < -0.39 is 0 Å². The smallest absolute Gasteiger partial charge is 0.329 e. The number of nitrogens with one attached hydrogen (secondary N) is 1. The van der Waals surface area contributed by atoms with Crippen LogP contribution in [0.25, 0.3) is 11.0 Å². The van der Waals surface area contributed by atoms with E-state index in [-0.39, 0.29) is 30.2 Å². The van der Waals surface area contributed by atoms with Crippen molar-refractivity contribution in [2.75, 3.05) is 13.2 Å². The Morgan fingerprint density at radius 2 is 1.91 bits per heavy atom. The highest BCUT2D eigenvalue weighted by atomic mass is 16.3. The van der Waals surface area contributed by atoms with E-state index in [4.69, 9.17) is 0 Å². The lowest BCUT2D eigenvalue weighted by Gasteiger charge is -2.21. The third-order valence-corrected chi connectivity index (χ3v) is 4.13. The fraction of sp³-hybridized carbons (Fsp3) is 0.529. The predicted octanol–water partition coefficient (Wildman–Crippen LogP) is 1.25. The average Bonchev–Trinajstić information content (AvgIpc) is 2.77. The van der Waals surface area contributed by atoms with Crippen LogP contribution in [-0.4, -0.2) is 33.3 Å². The minimum atomic E-state index is -0.192. The summed E-state index contributed by atoms with van der Waals surface area (Å²) in [5, 5.41) is 12.0. The SMILES string of the molecule is Cn1c(=O)n(CC(=O)NCCCC(C)(C)CO)c2ccccc21. The molecule has 0 radical (unpaired) electrons. The van der Waals surface area contributed by atoms with Crippen molar-refractivity contribution < 1.29 is 9.90 Å². The molecule has 0 aliphatic rings. The molecule has 0 aliphatic carbocycles. The number of aliphatic hydroxyl groups is 1. The third-order valence-electron chi connectivity index (χ3n) is 4.13. The zero-order valence-corrected chi connectivity index (χ0v) is 14.0. The molecule has 23 heavy (non-hydrogen) atoms. The monoisotopic (exact) mass is 319 g/mol. The van der Waals surface area contributed by atoms with Crippen molar-refractivity contribution in [1.82, 2.24) is 14.5 Å². The van der Waals surface area contributed by atoms with Gasteiger partial charge in [0.15, 0.2) is 0 Å². The van der Waals surface area contributed by atoms with Gasteiger partial charge in [-0.25, -0.2) is 4.79 Å². The molecule has 1 aromatic carbocycles. The van der Waals surface area contributed by atoms with E-state index in [2.05, 4.69) is 5.32 Å². The number of carbonyl (C=O) groups is 1. The van der Waals surface area contributed by atoms with Crippen molar-refractivity contribution in [3.63, 3.8) is 0 Å². The van der Waals surface area contributed by atoms with Crippen LogP contribution >= 0.6 is 0 Å². The largest absolute Gasteiger partial charge is 0.396 e. The molecule has 2 N–H and O–H groups in total. The van der Waals surface area contributed by atoms with Gasteiger partial charge in [-0.2, -0.15) is 0 Å². The maximum Gasteiger partial charge on any atom is 0.329 e. The van der Waals surface area contributed by atoms with Gasteiger partial charge in [0.05, 0.1) is 11.0 Å². The minimum absolute atomic E-state index is 0.0174. The maximum absolute atomic E-state index is 12.2. The number of nitrogens with zero attached hydrogens (tertiary/aromatic N) is 2. The van der Waals surface area contributed by atoms with Crippen LogP contribution in [-0.2, 0) is 18.4 Å². The molecule has 0 saturated carbocycles. The molecule has 0 unspecified atom stereocenters. The summed E-state index contributed by atoms with van der Waals surface area (Å²) in [6.07, 6.45) is 1.63. The van der Waals surface area contributed by atoms with Crippen LogP contribution in [0.4, 0.5) is 0 Å². The first-order valence-corrected chi connectivity index (χ1v) is 7.87. The van der Waals surface area contributed by atoms with Gasteiger partial charge in [0.25, 0.3) is 0 Å². The summed E-state index contributed by atoms with van der Waals surface area (Å²) in [6.45, 7) is 4.67. The lowest BCUT2D eigenvalue weighted by molar-refractivity contribution is -0.121.